The molecular formula is C12H8N2O3. The number of Topliss-reactive ketones (excluding diaryl/α,β-unsaturated/α-hetero) is 1. The Kier molecular flexibility index (Phi) is 1.89. The van der Waals surface area contributed by atoms with Crippen LogP contribution in [0.2, 0.25) is 0 Å². The van der Waals surface area contributed by atoms with Crippen LogP contribution >= 0.6 is 0 Å². The molecule has 0 saturated carbocycles. The van der Waals surface area contributed by atoms with Crippen LogP contribution in [-0.2, 0) is 4.79 Å². The molecule has 0 amide bonds. The SMILES string of the molecule is O=C1C=c2nc3cc(O)ccc3[n+]([O-])c2=CC1. The van der Waals surface area contributed by atoms with Gasteiger partial charge in [0, 0.05) is 24.6 Å². The smallest absolute Gasteiger partial charge is 0.243 e. The highest BCUT2D eigenvalue weighted by Gasteiger charge is 2.13. The van der Waals surface area contributed by atoms with Gasteiger partial charge >= 0.3 is 0 Å². The second kappa shape index (κ2) is 3.28. The summed E-state index contributed by atoms with van der Waals surface area (Å²) in [4.78, 5) is 15.5. The minimum absolute atomic E-state index is 0.0380. The van der Waals surface area contributed by atoms with Gasteiger partial charge in [-0.25, -0.2) is 4.98 Å². The second-order valence-corrected chi connectivity index (χ2v) is 3.87. The van der Waals surface area contributed by atoms with E-state index in [1.165, 1.54) is 24.3 Å². The van der Waals surface area contributed by atoms with Gasteiger partial charge in [-0.15, -0.1) is 0 Å². The maximum Gasteiger partial charge on any atom is 0.243 e. The predicted octanol–water partition coefficient (Wildman–Crippen LogP) is -0.892. The number of hydrogen-bond donors (Lipinski definition) is 1. The monoisotopic (exact) mass is 228 g/mol. The van der Waals surface area contributed by atoms with Crippen LogP contribution in [0.15, 0.2) is 18.2 Å². The lowest BCUT2D eigenvalue weighted by Gasteiger charge is -2.05. The number of phenolic OH excluding ortho intramolecular Hbond substituents is 1. The van der Waals surface area contributed by atoms with Gasteiger partial charge < -0.3 is 10.3 Å². The van der Waals surface area contributed by atoms with Crippen molar-refractivity contribution in [2.45, 2.75) is 6.42 Å². The molecule has 1 heterocycles. The van der Waals surface area contributed by atoms with Gasteiger partial charge in [0.05, 0.1) is 0 Å². The summed E-state index contributed by atoms with van der Waals surface area (Å²) in [5, 5.41) is 22.1. The molecule has 0 bridgehead atoms. The zero-order chi connectivity index (χ0) is 12.0. The number of carbonyl (C=O) groups excluding carboxylic acids is 1. The molecule has 5 heteroatoms. The summed E-state index contributed by atoms with van der Waals surface area (Å²) in [7, 11) is 0. The Hall–Kier alpha value is -2.43. The Labute approximate surface area is 95.5 Å². The first-order valence-electron chi connectivity index (χ1n) is 5.12. The number of carbonyl (C=O) groups is 1. The topological polar surface area (TPSA) is 77.1 Å². The average Bonchev–Trinajstić information content (AvgIpc) is 2.28. The number of benzene rings is 1. The van der Waals surface area contributed by atoms with Gasteiger partial charge in [0.25, 0.3) is 0 Å². The Morgan fingerprint density at radius 1 is 1.41 bits per heavy atom. The molecule has 0 radical (unpaired) electrons. The highest BCUT2D eigenvalue weighted by molar-refractivity contribution is 6.08. The molecule has 5 nitrogen and oxygen atoms in total. The lowest BCUT2D eigenvalue weighted by atomic mass is 10.1. The summed E-state index contributed by atoms with van der Waals surface area (Å²) < 4.78 is 0.736. The molecule has 0 unspecified atom stereocenters. The Morgan fingerprint density at radius 3 is 3.06 bits per heavy atom. The zero-order valence-electron chi connectivity index (χ0n) is 8.75. The van der Waals surface area contributed by atoms with Crippen LogP contribution in [0.25, 0.3) is 23.2 Å². The molecule has 0 aliphatic heterocycles. The lowest BCUT2D eigenvalue weighted by molar-refractivity contribution is -0.593. The summed E-state index contributed by atoms with van der Waals surface area (Å²) in [5.41, 5.74) is 0.749. The predicted molar refractivity (Wildman–Crippen MR) is 60.2 cm³/mol. The van der Waals surface area contributed by atoms with Gasteiger partial charge in [0.15, 0.2) is 5.78 Å². The van der Waals surface area contributed by atoms with Crippen molar-refractivity contribution in [1.82, 2.24) is 4.98 Å². The first-order valence-corrected chi connectivity index (χ1v) is 5.12. The summed E-state index contributed by atoms with van der Waals surface area (Å²) in [5.74, 6) is -0.0411. The highest BCUT2D eigenvalue weighted by Crippen LogP contribution is 2.13. The highest BCUT2D eigenvalue weighted by atomic mass is 16.5. The molecule has 1 aliphatic carbocycles. The van der Waals surface area contributed by atoms with Crippen molar-refractivity contribution in [1.29, 1.82) is 0 Å². The molecule has 17 heavy (non-hydrogen) atoms. The summed E-state index contributed by atoms with van der Waals surface area (Å²) in [6, 6.07) is 4.34. The minimum Gasteiger partial charge on any atom is -0.618 e. The lowest BCUT2D eigenvalue weighted by Crippen LogP contribution is -2.56. The Morgan fingerprint density at radius 2 is 2.24 bits per heavy atom. The van der Waals surface area contributed by atoms with E-state index in [4.69, 9.17) is 0 Å². The van der Waals surface area contributed by atoms with Gasteiger partial charge in [0.2, 0.25) is 10.9 Å². The van der Waals surface area contributed by atoms with E-state index < -0.39 is 0 Å². The number of hydrogen-bond acceptors (Lipinski definition) is 4. The molecule has 3 rings (SSSR count). The van der Waals surface area contributed by atoms with Gasteiger partial charge in [-0.2, -0.15) is 4.73 Å². The third-order valence-corrected chi connectivity index (χ3v) is 2.69. The van der Waals surface area contributed by atoms with Gasteiger partial charge in [-0.3, -0.25) is 4.79 Å². The molecule has 0 atom stereocenters. The quantitative estimate of drug-likeness (QED) is 0.468. The first kappa shape index (κ1) is 9.77. The van der Waals surface area contributed by atoms with E-state index >= 15 is 0 Å². The minimum atomic E-state index is -0.0792. The van der Waals surface area contributed by atoms with Crippen LogP contribution in [0.5, 0.6) is 5.75 Å². The van der Waals surface area contributed by atoms with E-state index in [0.717, 1.165) is 4.73 Å². The van der Waals surface area contributed by atoms with Gasteiger partial charge in [0.1, 0.15) is 16.6 Å². The van der Waals surface area contributed by atoms with E-state index in [9.17, 15) is 15.1 Å². The van der Waals surface area contributed by atoms with Crippen LogP contribution in [0.3, 0.4) is 0 Å². The maximum absolute atomic E-state index is 12.0. The molecule has 1 aromatic heterocycles. The number of fused-ring (bicyclic) bond motifs is 2. The molecule has 1 N–H and O–H groups in total. The van der Waals surface area contributed by atoms with E-state index in [2.05, 4.69) is 4.98 Å². The van der Waals surface area contributed by atoms with Crippen molar-refractivity contribution in [3.05, 3.63) is 34.1 Å². The molecule has 0 saturated heterocycles. The van der Waals surface area contributed by atoms with E-state index in [-0.39, 0.29) is 18.0 Å². The normalized spacial score (nSPS) is 14.0. The molecule has 1 aliphatic rings. The van der Waals surface area contributed by atoms with Crippen molar-refractivity contribution >= 4 is 29.0 Å². The zero-order valence-corrected chi connectivity index (χ0v) is 8.75. The molecule has 0 spiro atoms. The number of aromatic nitrogens is 2. The van der Waals surface area contributed by atoms with Crippen molar-refractivity contribution in [3.63, 3.8) is 0 Å². The van der Waals surface area contributed by atoms with Crippen molar-refractivity contribution < 1.29 is 14.6 Å². The number of rotatable bonds is 0. The fourth-order valence-electron chi connectivity index (χ4n) is 1.90. The average molecular weight is 228 g/mol. The van der Waals surface area contributed by atoms with Crippen molar-refractivity contribution in [3.8, 4) is 5.75 Å². The Balaban J connectivity index is 2.53. The summed E-state index contributed by atoms with van der Waals surface area (Å²) in [6.45, 7) is 0. The Bertz CT molecular complexity index is 765. The van der Waals surface area contributed by atoms with E-state index in [1.807, 2.05) is 0 Å². The summed E-state index contributed by atoms with van der Waals surface area (Å²) in [6.07, 6.45) is 3.15. The molecule has 0 fully saturated rings. The largest absolute Gasteiger partial charge is 0.618 e. The van der Waals surface area contributed by atoms with Crippen LogP contribution in [-0.4, -0.2) is 15.9 Å². The third-order valence-electron chi connectivity index (χ3n) is 2.69. The van der Waals surface area contributed by atoms with Crippen LogP contribution in [0.1, 0.15) is 6.42 Å². The molecule has 1 aromatic carbocycles. The van der Waals surface area contributed by atoms with E-state index in [1.54, 1.807) is 6.08 Å². The van der Waals surface area contributed by atoms with Crippen molar-refractivity contribution in [2.24, 2.45) is 0 Å². The van der Waals surface area contributed by atoms with Gasteiger partial charge in [-0.05, 0) is 12.1 Å². The number of aromatic hydroxyl groups is 1. The van der Waals surface area contributed by atoms with E-state index in [0.29, 0.717) is 21.7 Å². The maximum atomic E-state index is 12.0. The van der Waals surface area contributed by atoms with Crippen LogP contribution in [0.4, 0.5) is 0 Å². The number of ketones is 1. The van der Waals surface area contributed by atoms with Crippen molar-refractivity contribution in [2.75, 3.05) is 0 Å². The standard InChI is InChI=1S/C12H8N2O3/c15-7-1-3-11-9(5-7)13-10-6-8(16)2-4-12(10)14(11)17/h1,3-6,15H,2H2. The second-order valence-electron chi connectivity index (χ2n) is 3.87. The first-order chi connectivity index (χ1) is 8.15. The fourth-order valence-corrected chi connectivity index (χ4v) is 1.90. The third kappa shape index (κ3) is 1.44. The molecule has 2 aromatic rings. The van der Waals surface area contributed by atoms with Crippen LogP contribution < -0.4 is 15.4 Å². The summed E-state index contributed by atoms with van der Waals surface area (Å²) >= 11 is 0. The number of phenols is 1. The fraction of sp³-hybridized carbons (Fsp3) is 0.0833. The molecular weight excluding hydrogens is 220 g/mol. The van der Waals surface area contributed by atoms with Gasteiger partial charge in [-0.1, -0.05) is 0 Å². The van der Waals surface area contributed by atoms with Crippen LogP contribution in [0, 0.1) is 5.21 Å². The molecule has 84 valence electrons. The number of nitrogens with zero attached hydrogens (tertiary/aromatic N) is 2.